The number of nitrogens with one attached hydrogen (secondary N) is 2. The molecule has 8 nitrogen and oxygen atoms in total. The second kappa shape index (κ2) is 6.21. The number of hydrogen-bond donors (Lipinski definition) is 2. The van der Waals surface area contributed by atoms with Crippen molar-refractivity contribution >= 4 is 17.5 Å². The third kappa shape index (κ3) is 3.21. The Morgan fingerprint density at radius 3 is 2.57 bits per heavy atom. The molecule has 0 bridgehead atoms. The molecule has 0 unspecified atom stereocenters. The molecule has 2 rings (SSSR count). The highest BCUT2D eigenvalue weighted by molar-refractivity contribution is 5.61. The molecule has 1 aromatic heterocycles. The summed E-state index contributed by atoms with van der Waals surface area (Å²) in [5, 5.41) is 17.3. The Kier molecular flexibility index (Phi) is 4.56. The van der Waals surface area contributed by atoms with Crippen molar-refractivity contribution in [3.8, 4) is 0 Å². The molecule has 0 aliphatic heterocycles. The molecule has 0 atom stereocenters. The Balaban J connectivity index is 2.24. The molecular weight excluding hydrogens is 274 g/mol. The molecule has 1 saturated carbocycles. The predicted molar refractivity (Wildman–Crippen MR) is 79.7 cm³/mol. The summed E-state index contributed by atoms with van der Waals surface area (Å²) in [6, 6.07) is 0. The van der Waals surface area contributed by atoms with Crippen LogP contribution in [0.15, 0.2) is 0 Å². The highest BCUT2D eigenvalue weighted by Gasteiger charge is 2.37. The summed E-state index contributed by atoms with van der Waals surface area (Å²) in [4.78, 5) is 19.1. The molecule has 0 spiro atoms. The van der Waals surface area contributed by atoms with Crippen molar-refractivity contribution in [2.24, 2.45) is 0 Å². The van der Waals surface area contributed by atoms with Gasteiger partial charge in [0.2, 0.25) is 11.8 Å². The van der Waals surface area contributed by atoms with Crippen molar-refractivity contribution in [3.05, 3.63) is 15.8 Å². The van der Waals surface area contributed by atoms with E-state index in [0.29, 0.717) is 24.7 Å². The zero-order chi connectivity index (χ0) is 15.5. The molecule has 116 valence electrons. The van der Waals surface area contributed by atoms with Gasteiger partial charge in [0.15, 0.2) is 0 Å². The van der Waals surface area contributed by atoms with Crippen LogP contribution in [0.25, 0.3) is 0 Å². The number of methoxy groups -OCH3 is 1. The summed E-state index contributed by atoms with van der Waals surface area (Å²) in [5.41, 5.74) is 0.0289. The van der Waals surface area contributed by atoms with Crippen LogP contribution in [0.5, 0.6) is 0 Å². The number of nitrogens with zero attached hydrogens (tertiary/aromatic N) is 3. The van der Waals surface area contributed by atoms with Gasteiger partial charge in [0.25, 0.3) is 0 Å². The predicted octanol–water partition coefficient (Wildman–Crippen LogP) is 2.11. The van der Waals surface area contributed by atoms with Gasteiger partial charge in [0, 0.05) is 20.2 Å². The second-order valence-corrected chi connectivity index (χ2v) is 5.21. The lowest BCUT2D eigenvalue weighted by Gasteiger charge is -2.40. The van der Waals surface area contributed by atoms with Crippen LogP contribution in [-0.4, -0.2) is 40.7 Å². The molecule has 8 heteroatoms. The van der Waals surface area contributed by atoms with E-state index < -0.39 is 4.92 Å². The molecule has 2 N–H and O–H groups in total. The van der Waals surface area contributed by atoms with E-state index in [1.165, 1.54) is 0 Å². The van der Waals surface area contributed by atoms with E-state index in [-0.39, 0.29) is 17.1 Å². The average molecular weight is 295 g/mol. The lowest BCUT2D eigenvalue weighted by atomic mass is 9.80. The maximum Gasteiger partial charge on any atom is 0.332 e. The van der Waals surface area contributed by atoms with Gasteiger partial charge in [-0.05, 0) is 33.1 Å². The van der Waals surface area contributed by atoms with Gasteiger partial charge in [0.1, 0.15) is 5.69 Å². The molecule has 0 radical (unpaired) electrons. The van der Waals surface area contributed by atoms with Crippen molar-refractivity contribution in [3.63, 3.8) is 0 Å². The first-order valence-electron chi connectivity index (χ1n) is 7.07. The first kappa shape index (κ1) is 15.4. The Morgan fingerprint density at radius 1 is 1.38 bits per heavy atom. The highest BCUT2D eigenvalue weighted by Crippen LogP contribution is 2.36. The fraction of sp³-hybridized carbons (Fsp3) is 0.692. The molecular formula is C13H21N5O3. The average Bonchev–Trinajstić information content (AvgIpc) is 2.37. The van der Waals surface area contributed by atoms with Crippen molar-refractivity contribution < 1.29 is 9.66 Å². The standard InChI is InChI=1S/C13H21N5O3/c1-4-14-12-16-9(2)10(18(19)20)11(17-12)15-8-13(21-3)6-5-7-13/h4-8H2,1-3H3,(H2,14,15,16,17). The summed E-state index contributed by atoms with van der Waals surface area (Å²) >= 11 is 0. The summed E-state index contributed by atoms with van der Waals surface area (Å²) in [7, 11) is 1.67. The Labute approximate surface area is 123 Å². The molecule has 0 saturated heterocycles. The molecule has 21 heavy (non-hydrogen) atoms. The molecule has 1 aliphatic rings. The minimum atomic E-state index is -0.451. The van der Waals surface area contributed by atoms with Crippen LogP contribution in [0.1, 0.15) is 31.9 Å². The third-order valence-corrected chi connectivity index (χ3v) is 3.85. The number of hydrogen-bond acceptors (Lipinski definition) is 7. The lowest BCUT2D eigenvalue weighted by molar-refractivity contribution is -0.385. The maximum absolute atomic E-state index is 11.2. The number of nitro groups is 1. The summed E-state index contributed by atoms with van der Waals surface area (Å²) in [6.45, 7) is 4.69. The minimum absolute atomic E-state index is 0.0813. The van der Waals surface area contributed by atoms with E-state index in [1.54, 1.807) is 14.0 Å². The first-order valence-corrected chi connectivity index (χ1v) is 7.07. The van der Waals surface area contributed by atoms with E-state index in [2.05, 4.69) is 20.6 Å². The van der Waals surface area contributed by atoms with Crippen molar-refractivity contribution in [1.82, 2.24) is 9.97 Å². The number of rotatable bonds is 7. The summed E-state index contributed by atoms with van der Waals surface area (Å²) in [6.07, 6.45) is 3.02. The van der Waals surface area contributed by atoms with Gasteiger partial charge < -0.3 is 15.4 Å². The second-order valence-electron chi connectivity index (χ2n) is 5.21. The van der Waals surface area contributed by atoms with Crippen molar-refractivity contribution in [2.75, 3.05) is 30.8 Å². The fourth-order valence-electron chi connectivity index (χ4n) is 2.42. The zero-order valence-electron chi connectivity index (χ0n) is 12.6. The smallest absolute Gasteiger partial charge is 0.332 e. The van der Waals surface area contributed by atoms with E-state index >= 15 is 0 Å². The van der Waals surface area contributed by atoms with Crippen LogP contribution in [0, 0.1) is 17.0 Å². The quantitative estimate of drug-likeness (QED) is 0.586. The molecule has 1 fully saturated rings. The van der Waals surface area contributed by atoms with E-state index in [9.17, 15) is 10.1 Å². The van der Waals surface area contributed by atoms with Gasteiger partial charge in [-0.3, -0.25) is 10.1 Å². The summed E-state index contributed by atoms with van der Waals surface area (Å²) in [5.74, 6) is 0.634. The number of ether oxygens (including phenoxy) is 1. The maximum atomic E-state index is 11.2. The fourth-order valence-corrected chi connectivity index (χ4v) is 2.42. The van der Waals surface area contributed by atoms with Crippen LogP contribution < -0.4 is 10.6 Å². The Bertz CT molecular complexity index is 525. The van der Waals surface area contributed by atoms with Gasteiger partial charge >= 0.3 is 5.69 Å². The molecule has 1 aliphatic carbocycles. The van der Waals surface area contributed by atoms with E-state index in [4.69, 9.17) is 4.74 Å². The van der Waals surface area contributed by atoms with E-state index in [1.807, 2.05) is 6.92 Å². The van der Waals surface area contributed by atoms with Crippen molar-refractivity contribution in [1.29, 1.82) is 0 Å². The van der Waals surface area contributed by atoms with Crippen LogP contribution >= 0.6 is 0 Å². The summed E-state index contributed by atoms with van der Waals surface area (Å²) < 4.78 is 5.51. The SMILES string of the molecule is CCNc1nc(C)c([N+](=O)[O-])c(NCC2(OC)CCC2)n1. The Hall–Kier alpha value is -1.96. The molecule has 1 aromatic rings. The van der Waals surface area contributed by atoms with Crippen molar-refractivity contribution in [2.45, 2.75) is 38.7 Å². The van der Waals surface area contributed by atoms with Gasteiger partial charge in [0.05, 0.1) is 10.5 Å². The first-order chi connectivity index (χ1) is 10.0. The largest absolute Gasteiger partial charge is 0.376 e. The van der Waals surface area contributed by atoms with Crippen LogP contribution in [-0.2, 0) is 4.74 Å². The van der Waals surface area contributed by atoms with Crippen LogP contribution in [0.3, 0.4) is 0 Å². The normalized spacial score (nSPS) is 16.1. The van der Waals surface area contributed by atoms with Gasteiger partial charge in [-0.2, -0.15) is 4.98 Å². The van der Waals surface area contributed by atoms with Gasteiger partial charge in [-0.25, -0.2) is 4.98 Å². The monoisotopic (exact) mass is 295 g/mol. The third-order valence-electron chi connectivity index (χ3n) is 3.85. The highest BCUT2D eigenvalue weighted by atomic mass is 16.6. The van der Waals surface area contributed by atoms with Gasteiger partial charge in [-0.15, -0.1) is 0 Å². The number of aromatic nitrogens is 2. The molecule has 0 aromatic carbocycles. The van der Waals surface area contributed by atoms with Crippen LogP contribution in [0.2, 0.25) is 0 Å². The molecule has 0 amide bonds. The lowest BCUT2D eigenvalue weighted by Crippen LogP contribution is -2.45. The van der Waals surface area contributed by atoms with Crippen LogP contribution in [0.4, 0.5) is 17.5 Å². The topological polar surface area (TPSA) is 102 Å². The molecule has 1 heterocycles. The number of anilines is 2. The zero-order valence-corrected chi connectivity index (χ0v) is 12.6. The van der Waals surface area contributed by atoms with Gasteiger partial charge in [-0.1, -0.05) is 0 Å². The van der Waals surface area contributed by atoms with E-state index in [0.717, 1.165) is 19.3 Å². The minimum Gasteiger partial charge on any atom is -0.376 e. The Morgan fingerprint density at radius 2 is 2.10 bits per heavy atom. The number of aryl methyl sites for hydroxylation is 1.